The molecule has 0 spiro atoms. The van der Waals surface area contributed by atoms with Gasteiger partial charge < -0.3 is 15.0 Å². The minimum atomic E-state index is -0.383. The summed E-state index contributed by atoms with van der Waals surface area (Å²) in [6.07, 6.45) is 0. The van der Waals surface area contributed by atoms with E-state index >= 15 is 0 Å². The van der Waals surface area contributed by atoms with Crippen molar-refractivity contribution in [2.75, 3.05) is 46.4 Å². The van der Waals surface area contributed by atoms with E-state index in [1.807, 2.05) is 0 Å². The second kappa shape index (κ2) is 9.70. The van der Waals surface area contributed by atoms with Crippen molar-refractivity contribution in [3.05, 3.63) is 30.1 Å². The molecule has 1 aromatic rings. The fraction of sp³-hybridized carbons (Fsp3) is 0.562. The average molecular weight is 346 g/mol. The minimum absolute atomic E-state index is 0. The smallest absolute Gasteiger partial charge is 0.236 e. The summed E-state index contributed by atoms with van der Waals surface area (Å²) in [5.74, 6) is -0.101. The molecule has 0 aromatic heterocycles. The van der Waals surface area contributed by atoms with E-state index in [2.05, 4.69) is 17.1 Å². The third-order valence-corrected chi connectivity index (χ3v) is 3.92. The summed E-state index contributed by atoms with van der Waals surface area (Å²) in [6, 6.07) is 6.64. The highest BCUT2D eigenvalue weighted by Crippen LogP contribution is 2.15. The first kappa shape index (κ1) is 19.7. The molecule has 1 aliphatic rings. The summed E-state index contributed by atoms with van der Waals surface area (Å²) in [7, 11) is 1.75. The van der Waals surface area contributed by atoms with Crippen molar-refractivity contribution in [3.8, 4) is 5.75 Å². The third-order valence-electron chi connectivity index (χ3n) is 3.92. The van der Waals surface area contributed by atoms with Gasteiger partial charge in [0, 0.05) is 32.7 Å². The highest BCUT2D eigenvalue weighted by molar-refractivity contribution is 5.85. The van der Waals surface area contributed by atoms with Crippen LogP contribution in [0.25, 0.3) is 0 Å². The van der Waals surface area contributed by atoms with Crippen LogP contribution in [0.4, 0.5) is 4.39 Å². The Labute approximate surface area is 143 Å². The summed E-state index contributed by atoms with van der Waals surface area (Å²) in [4.78, 5) is 16.0. The minimum Gasteiger partial charge on any atom is -0.489 e. The maximum atomic E-state index is 13.4. The number of piperazine rings is 1. The van der Waals surface area contributed by atoms with E-state index in [9.17, 15) is 9.18 Å². The lowest BCUT2D eigenvalue weighted by Gasteiger charge is -2.34. The van der Waals surface area contributed by atoms with Gasteiger partial charge in [-0.05, 0) is 19.1 Å². The maximum Gasteiger partial charge on any atom is 0.236 e. The van der Waals surface area contributed by atoms with Gasteiger partial charge in [0.1, 0.15) is 6.61 Å². The first-order chi connectivity index (χ1) is 10.6. The first-order valence-electron chi connectivity index (χ1n) is 7.64. The Kier molecular flexibility index (Phi) is 8.30. The molecule has 5 nitrogen and oxygen atoms in total. The lowest BCUT2D eigenvalue weighted by atomic mass is 10.2. The third kappa shape index (κ3) is 5.97. The summed E-state index contributed by atoms with van der Waals surface area (Å²) in [5, 5.41) is 3.30. The Morgan fingerprint density at radius 1 is 1.48 bits per heavy atom. The van der Waals surface area contributed by atoms with Crippen LogP contribution >= 0.6 is 12.4 Å². The van der Waals surface area contributed by atoms with Crippen LogP contribution in [0.5, 0.6) is 5.75 Å². The number of carbonyl (C=O) groups excluding carboxylic acids is 1. The molecule has 1 saturated heterocycles. The number of nitrogens with zero attached hydrogens (tertiary/aromatic N) is 2. The van der Waals surface area contributed by atoms with Crippen LogP contribution in [0.15, 0.2) is 24.3 Å². The van der Waals surface area contributed by atoms with Gasteiger partial charge in [0.05, 0.1) is 13.1 Å². The maximum absolute atomic E-state index is 13.4. The quantitative estimate of drug-likeness (QED) is 0.846. The molecular weight excluding hydrogens is 321 g/mol. The fourth-order valence-electron chi connectivity index (χ4n) is 2.39. The summed E-state index contributed by atoms with van der Waals surface area (Å²) in [6.45, 7) is 5.95. The molecule has 1 fully saturated rings. The van der Waals surface area contributed by atoms with Gasteiger partial charge in [-0.2, -0.15) is 0 Å². The van der Waals surface area contributed by atoms with E-state index in [4.69, 9.17) is 4.74 Å². The van der Waals surface area contributed by atoms with E-state index in [-0.39, 0.29) is 36.5 Å². The standard InChI is InChI=1S/C16H24FN3O2.ClH/c1-13-11-18-7-8-20(13)12-16(21)19(2)9-10-22-15-6-4-3-5-14(15)17;/h3-6,13,18H,7-12H2,1-2H3;1H/t13-;/m1./s1. The van der Waals surface area contributed by atoms with E-state index in [1.54, 1.807) is 30.1 Å². The highest BCUT2D eigenvalue weighted by atomic mass is 35.5. The van der Waals surface area contributed by atoms with Crippen LogP contribution in [-0.2, 0) is 4.79 Å². The van der Waals surface area contributed by atoms with E-state index in [0.717, 1.165) is 19.6 Å². The predicted molar refractivity (Wildman–Crippen MR) is 90.7 cm³/mol. The van der Waals surface area contributed by atoms with Gasteiger partial charge in [0.15, 0.2) is 11.6 Å². The van der Waals surface area contributed by atoms with Crippen molar-refractivity contribution in [3.63, 3.8) is 0 Å². The molecule has 1 N–H and O–H groups in total. The van der Waals surface area contributed by atoms with Crippen LogP contribution in [0.2, 0.25) is 0 Å². The second-order valence-electron chi connectivity index (χ2n) is 5.62. The highest BCUT2D eigenvalue weighted by Gasteiger charge is 2.21. The lowest BCUT2D eigenvalue weighted by molar-refractivity contribution is -0.132. The number of rotatable bonds is 6. The molecule has 1 atom stereocenters. The average Bonchev–Trinajstić information content (AvgIpc) is 2.51. The van der Waals surface area contributed by atoms with E-state index in [0.29, 0.717) is 19.1 Å². The number of ether oxygens (including phenoxy) is 1. The van der Waals surface area contributed by atoms with Gasteiger partial charge in [0.25, 0.3) is 0 Å². The first-order valence-corrected chi connectivity index (χ1v) is 7.64. The summed E-state index contributed by atoms with van der Waals surface area (Å²) in [5.41, 5.74) is 0. The second-order valence-corrected chi connectivity index (χ2v) is 5.62. The lowest BCUT2D eigenvalue weighted by Crippen LogP contribution is -2.53. The number of benzene rings is 1. The Morgan fingerprint density at radius 3 is 2.91 bits per heavy atom. The number of likely N-dealkylation sites (N-methyl/N-ethyl adjacent to an activating group) is 1. The largest absolute Gasteiger partial charge is 0.489 e. The van der Waals surface area contributed by atoms with Crippen molar-refractivity contribution in [2.24, 2.45) is 0 Å². The summed E-state index contributed by atoms with van der Waals surface area (Å²) < 4.78 is 18.8. The number of carbonyl (C=O) groups is 1. The van der Waals surface area contributed by atoms with Crippen molar-refractivity contribution in [2.45, 2.75) is 13.0 Å². The SMILES string of the molecule is C[C@@H]1CNCCN1CC(=O)N(C)CCOc1ccccc1F.Cl. The Hall–Kier alpha value is -1.37. The fourth-order valence-corrected chi connectivity index (χ4v) is 2.39. The zero-order chi connectivity index (χ0) is 15.9. The number of nitrogens with one attached hydrogen (secondary N) is 1. The number of hydrogen-bond donors (Lipinski definition) is 1. The Bertz CT molecular complexity index is 504. The molecule has 0 radical (unpaired) electrons. The van der Waals surface area contributed by atoms with Crippen molar-refractivity contribution in [1.82, 2.24) is 15.1 Å². The zero-order valence-electron chi connectivity index (χ0n) is 13.6. The summed E-state index contributed by atoms with van der Waals surface area (Å²) >= 11 is 0. The molecule has 1 aromatic carbocycles. The Morgan fingerprint density at radius 2 is 2.22 bits per heavy atom. The molecule has 0 bridgehead atoms. The van der Waals surface area contributed by atoms with Crippen molar-refractivity contribution in [1.29, 1.82) is 0 Å². The molecule has 1 amide bonds. The number of amides is 1. The van der Waals surface area contributed by atoms with Crippen LogP contribution < -0.4 is 10.1 Å². The molecule has 0 aliphatic carbocycles. The molecule has 130 valence electrons. The molecule has 23 heavy (non-hydrogen) atoms. The zero-order valence-corrected chi connectivity index (χ0v) is 14.4. The van der Waals surface area contributed by atoms with Gasteiger partial charge in [-0.1, -0.05) is 12.1 Å². The molecular formula is C16H25ClFN3O2. The van der Waals surface area contributed by atoms with Crippen LogP contribution in [-0.4, -0.2) is 68.1 Å². The number of hydrogen-bond acceptors (Lipinski definition) is 4. The van der Waals surface area contributed by atoms with Crippen molar-refractivity contribution < 1.29 is 13.9 Å². The van der Waals surface area contributed by atoms with Crippen LogP contribution in [0.3, 0.4) is 0 Å². The normalized spacial score (nSPS) is 18.1. The Balaban J connectivity index is 0.00000264. The van der Waals surface area contributed by atoms with Gasteiger partial charge in [-0.25, -0.2) is 4.39 Å². The molecule has 1 heterocycles. The van der Waals surface area contributed by atoms with E-state index < -0.39 is 0 Å². The molecule has 2 rings (SSSR count). The van der Waals surface area contributed by atoms with Crippen LogP contribution in [0.1, 0.15) is 6.92 Å². The molecule has 7 heteroatoms. The van der Waals surface area contributed by atoms with Gasteiger partial charge in [-0.15, -0.1) is 12.4 Å². The monoisotopic (exact) mass is 345 g/mol. The van der Waals surface area contributed by atoms with Gasteiger partial charge in [-0.3, -0.25) is 9.69 Å². The van der Waals surface area contributed by atoms with Crippen LogP contribution in [0, 0.1) is 5.82 Å². The molecule has 1 aliphatic heterocycles. The topological polar surface area (TPSA) is 44.8 Å². The van der Waals surface area contributed by atoms with Crippen molar-refractivity contribution >= 4 is 18.3 Å². The number of halogens is 2. The number of para-hydroxylation sites is 1. The van der Waals surface area contributed by atoms with Gasteiger partial charge in [0.2, 0.25) is 5.91 Å². The van der Waals surface area contributed by atoms with Gasteiger partial charge >= 0.3 is 0 Å². The molecule has 0 unspecified atom stereocenters. The molecule has 0 saturated carbocycles. The predicted octanol–water partition coefficient (Wildman–Crippen LogP) is 1.38. The van der Waals surface area contributed by atoms with E-state index in [1.165, 1.54) is 6.07 Å².